The smallest absolute Gasteiger partial charge is 0.426 e. The zero-order valence-electron chi connectivity index (χ0n) is 15.3. The molecule has 0 aromatic heterocycles. The van der Waals surface area contributed by atoms with Gasteiger partial charge in [0.25, 0.3) is 5.60 Å². The van der Waals surface area contributed by atoms with Gasteiger partial charge in [0.1, 0.15) is 15.9 Å². The molecule has 0 bridgehead atoms. The first-order chi connectivity index (χ1) is 14.4. The molecule has 0 amide bonds. The number of phenolic OH excluding ortho intramolecular Hbond substituents is 1. The highest BCUT2D eigenvalue weighted by molar-refractivity contribution is 7.86. The summed E-state index contributed by atoms with van der Waals surface area (Å²) in [4.78, 5) is 11.0. The molecule has 2 aromatic carbocycles. The number of hydrogen-bond donors (Lipinski definition) is 2. The Balaban J connectivity index is 2.45. The summed E-state index contributed by atoms with van der Waals surface area (Å²) < 4.78 is 115. The van der Waals surface area contributed by atoms with Crippen molar-refractivity contribution in [2.45, 2.75) is 29.3 Å². The Bertz CT molecular complexity index is 1200. The predicted molar refractivity (Wildman–Crippen MR) is 90.3 cm³/mol. The first-order valence-corrected chi connectivity index (χ1v) is 9.53. The number of aliphatic hydroxyl groups is 1. The van der Waals surface area contributed by atoms with Crippen molar-refractivity contribution in [2.24, 2.45) is 0 Å². The van der Waals surface area contributed by atoms with E-state index in [1.165, 1.54) is 0 Å². The summed E-state index contributed by atoms with van der Waals surface area (Å²) in [6.07, 6.45) is -14.4. The second-order valence-corrected chi connectivity index (χ2v) is 7.72. The van der Waals surface area contributed by atoms with E-state index in [0.717, 1.165) is 18.2 Å². The number of benzene rings is 2. The van der Waals surface area contributed by atoms with Crippen molar-refractivity contribution in [3.63, 3.8) is 0 Å². The molecule has 0 radical (unpaired) electrons. The van der Waals surface area contributed by atoms with E-state index in [2.05, 4.69) is 4.74 Å². The van der Waals surface area contributed by atoms with E-state index in [9.17, 15) is 49.2 Å². The summed E-state index contributed by atoms with van der Waals surface area (Å²) >= 11 is 0. The van der Waals surface area contributed by atoms with Crippen molar-refractivity contribution in [3.05, 3.63) is 35.4 Å². The summed E-state index contributed by atoms with van der Waals surface area (Å²) in [5.41, 5.74) is -6.38. The highest BCUT2D eigenvalue weighted by Gasteiger charge is 2.70. The standard InChI is InChI=1S/C17H11F6NO7S/c18-16(19,20)15(27,17(21,22)23)1-2-31-14(26)8-4-11-9(7-24)3-10(25)6-12(11)13(5-8)32(28,29)30/h3-6,25,27H,1-2H2,(H,28,29,30)/p-1. The molecule has 0 saturated heterocycles. The van der Waals surface area contributed by atoms with E-state index in [1.54, 1.807) is 6.07 Å². The first-order valence-electron chi connectivity index (χ1n) is 8.12. The fraction of sp³-hybridized carbons (Fsp3) is 0.294. The van der Waals surface area contributed by atoms with Gasteiger partial charge in [0.15, 0.2) is 0 Å². The van der Waals surface area contributed by atoms with Gasteiger partial charge in [0.2, 0.25) is 0 Å². The van der Waals surface area contributed by atoms with Gasteiger partial charge in [-0.1, -0.05) is 0 Å². The van der Waals surface area contributed by atoms with Crippen LogP contribution in [-0.2, 0) is 14.9 Å². The van der Waals surface area contributed by atoms with Crippen LogP contribution in [0, 0.1) is 11.3 Å². The summed E-state index contributed by atoms with van der Waals surface area (Å²) in [5, 5.41) is 26.9. The van der Waals surface area contributed by atoms with E-state index < -0.39 is 74.2 Å². The van der Waals surface area contributed by atoms with Crippen LogP contribution in [0.15, 0.2) is 29.2 Å². The molecule has 174 valence electrons. The Morgan fingerprint density at radius 1 is 1.06 bits per heavy atom. The maximum atomic E-state index is 12.7. The lowest BCUT2D eigenvalue weighted by atomic mass is 9.99. The van der Waals surface area contributed by atoms with Crippen LogP contribution in [0.3, 0.4) is 0 Å². The third kappa shape index (κ3) is 4.71. The van der Waals surface area contributed by atoms with Gasteiger partial charge in [0.05, 0.1) is 28.7 Å². The Hall–Kier alpha value is -3.09. The molecule has 0 fully saturated rings. The van der Waals surface area contributed by atoms with Crippen LogP contribution in [0.4, 0.5) is 26.3 Å². The largest absolute Gasteiger partial charge is 0.744 e. The molecular weight excluding hydrogens is 476 g/mol. The number of carbonyl (C=O) groups is 1. The average molecular weight is 486 g/mol. The highest BCUT2D eigenvalue weighted by Crippen LogP contribution is 2.45. The molecular formula is C17H10F6NO7S-. The Labute approximate surface area is 175 Å². The Morgan fingerprint density at radius 3 is 2.09 bits per heavy atom. The maximum absolute atomic E-state index is 12.7. The van der Waals surface area contributed by atoms with E-state index in [4.69, 9.17) is 10.4 Å². The topological polar surface area (TPSA) is 148 Å². The van der Waals surface area contributed by atoms with Gasteiger partial charge in [-0.15, -0.1) is 0 Å². The molecule has 0 heterocycles. The van der Waals surface area contributed by atoms with Gasteiger partial charge < -0.3 is 19.5 Å². The summed E-state index contributed by atoms with van der Waals surface area (Å²) in [7, 11) is -5.33. The van der Waals surface area contributed by atoms with Crippen molar-refractivity contribution in [1.82, 2.24) is 0 Å². The molecule has 0 aliphatic heterocycles. The number of halogens is 6. The van der Waals surface area contributed by atoms with Crippen molar-refractivity contribution >= 4 is 26.9 Å². The fourth-order valence-corrected chi connectivity index (χ4v) is 3.36. The minimum atomic E-state index is -6.14. The molecule has 32 heavy (non-hydrogen) atoms. The van der Waals surface area contributed by atoms with Crippen LogP contribution >= 0.6 is 0 Å². The second kappa shape index (κ2) is 8.11. The van der Waals surface area contributed by atoms with Crippen LogP contribution in [0.25, 0.3) is 10.8 Å². The number of nitriles is 1. The van der Waals surface area contributed by atoms with Gasteiger partial charge in [-0.05, 0) is 24.3 Å². The minimum Gasteiger partial charge on any atom is -0.744 e. The summed E-state index contributed by atoms with van der Waals surface area (Å²) in [6, 6.07) is 4.43. The SMILES string of the molecule is N#Cc1cc(O)cc2c(S(=O)(=O)[O-])cc(C(=O)OCCC(O)(C(F)(F)F)C(F)(F)F)cc12. The number of rotatable bonds is 5. The van der Waals surface area contributed by atoms with Crippen molar-refractivity contribution < 1.29 is 59.1 Å². The normalized spacial score (nSPS) is 13.1. The van der Waals surface area contributed by atoms with Crippen LogP contribution in [-0.4, -0.2) is 53.7 Å². The molecule has 0 aliphatic carbocycles. The van der Waals surface area contributed by atoms with Crippen LogP contribution in [0.5, 0.6) is 5.75 Å². The van der Waals surface area contributed by atoms with Crippen molar-refractivity contribution in [2.75, 3.05) is 6.61 Å². The molecule has 15 heteroatoms. The first kappa shape index (κ1) is 25.2. The number of alkyl halides is 6. The third-order valence-electron chi connectivity index (χ3n) is 4.28. The number of ether oxygens (including phenoxy) is 1. The predicted octanol–water partition coefficient (Wildman–Crippen LogP) is 2.72. The highest BCUT2D eigenvalue weighted by atomic mass is 32.2. The molecule has 2 aromatic rings. The lowest BCUT2D eigenvalue weighted by molar-refractivity contribution is -0.371. The van der Waals surface area contributed by atoms with Gasteiger partial charge in [0, 0.05) is 17.2 Å². The van der Waals surface area contributed by atoms with Gasteiger partial charge in [-0.3, -0.25) is 0 Å². The van der Waals surface area contributed by atoms with Gasteiger partial charge in [-0.2, -0.15) is 31.6 Å². The summed E-state index contributed by atoms with van der Waals surface area (Å²) in [5.74, 6) is -2.24. The third-order valence-corrected chi connectivity index (χ3v) is 5.15. The van der Waals surface area contributed by atoms with Crippen molar-refractivity contribution in [1.29, 1.82) is 5.26 Å². The zero-order chi connectivity index (χ0) is 24.7. The molecule has 0 aliphatic rings. The number of phenols is 1. The molecule has 0 unspecified atom stereocenters. The fourth-order valence-electron chi connectivity index (χ4n) is 2.65. The molecule has 8 nitrogen and oxygen atoms in total. The average Bonchev–Trinajstić information content (AvgIpc) is 2.63. The van der Waals surface area contributed by atoms with Crippen molar-refractivity contribution in [3.8, 4) is 11.8 Å². The Morgan fingerprint density at radius 2 is 1.62 bits per heavy atom. The summed E-state index contributed by atoms with van der Waals surface area (Å²) in [6.45, 7) is -1.59. The van der Waals surface area contributed by atoms with E-state index in [1.807, 2.05) is 0 Å². The van der Waals surface area contributed by atoms with E-state index >= 15 is 0 Å². The number of aromatic hydroxyl groups is 1. The number of nitrogens with zero attached hydrogens (tertiary/aromatic N) is 1. The van der Waals surface area contributed by atoms with E-state index in [0.29, 0.717) is 6.07 Å². The number of carbonyl (C=O) groups excluding carboxylic acids is 1. The zero-order valence-corrected chi connectivity index (χ0v) is 16.1. The van der Waals surface area contributed by atoms with Crippen LogP contribution < -0.4 is 0 Å². The van der Waals surface area contributed by atoms with Gasteiger partial charge >= 0.3 is 18.3 Å². The number of esters is 1. The molecule has 2 N–H and O–H groups in total. The number of fused-ring (bicyclic) bond motifs is 1. The van der Waals surface area contributed by atoms with Crippen LogP contribution in [0.1, 0.15) is 22.3 Å². The minimum absolute atomic E-state index is 0.337. The van der Waals surface area contributed by atoms with Gasteiger partial charge in [-0.25, -0.2) is 13.2 Å². The molecule has 0 spiro atoms. The molecule has 2 rings (SSSR count). The molecule has 0 saturated carbocycles. The monoisotopic (exact) mass is 486 g/mol. The number of hydrogen-bond acceptors (Lipinski definition) is 8. The Kier molecular flexibility index (Phi) is 6.38. The molecule has 0 atom stereocenters. The van der Waals surface area contributed by atoms with E-state index in [-0.39, 0.29) is 5.39 Å². The lowest BCUT2D eigenvalue weighted by Gasteiger charge is -2.32. The maximum Gasteiger partial charge on any atom is 0.426 e. The lowest BCUT2D eigenvalue weighted by Crippen LogP contribution is -2.57. The van der Waals surface area contributed by atoms with Crippen LogP contribution in [0.2, 0.25) is 0 Å². The quantitative estimate of drug-likeness (QED) is 0.373. The second-order valence-electron chi connectivity index (χ2n) is 6.37.